The number of nitrogens with one attached hydrogen (secondary N) is 1. The highest BCUT2D eigenvalue weighted by molar-refractivity contribution is 7.99. The fourth-order valence-corrected chi connectivity index (χ4v) is 4.53. The van der Waals surface area contributed by atoms with Gasteiger partial charge in [-0.3, -0.25) is 9.36 Å². The molecule has 0 aliphatic heterocycles. The van der Waals surface area contributed by atoms with Crippen molar-refractivity contribution in [3.63, 3.8) is 0 Å². The lowest BCUT2D eigenvalue weighted by atomic mass is 10.0. The van der Waals surface area contributed by atoms with Gasteiger partial charge in [-0.15, -0.1) is 10.2 Å². The summed E-state index contributed by atoms with van der Waals surface area (Å²) in [6, 6.07) is 22.2. The second-order valence-corrected chi connectivity index (χ2v) is 8.82. The number of carbonyl (C=O) groups excluding carboxylic acids is 1. The monoisotopic (exact) mass is 460 g/mol. The Morgan fingerprint density at radius 1 is 1.06 bits per heavy atom. The molecule has 1 unspecified atom stereocenters. The van der Waals surface area contributed by atoms with E-state index in [2.05, 4.69) is 46.7 Å². The molecule has 0 saturated carbocycles. The second-order valence-electron chi connectivity index (χ2n) is 7.88. The van der Waals surface area contributed by atoms with Gasteiger partial charge in [-0.05, 0) is 30.5 Å². The third kappa shape index (κ3) is 5.73. The zero-order valence-electron chi connectivity index (χ0n) is 18.9. The summed E-state index contributed by atoms with van der Waals surface area (Å²) < 4.78 is 7.54. The number of rotatable bonds is 10. The van der Waals surface area contributed by atoms with Gasteiger partial charge in [-0.25, -0.2) is 0 Å². The first-order valence-corrected chi connectivity index (χ1v) is 12.1. The van der Waals surface area contributed by atoms with Crippen LogP contribution in [0.25, 0.3) is 11.4 Å². The van der Waals surface area contributed by atoms with Crippen LogP contribution in [-0.4, -0.2) is 26.4 Å². The predicted molar refractivity (Wildman–Crippen MR) is 131 cm³/mol. The van der Waals surface area contributed by atoms with E-state index in [0.717, 1.165) is 41.1 Å². The molecular formula is C26H28N4O2S. The molecule has 0 radical (unpaired) electrons. The van der Waals surface area contributed by atoms with E-state index < -0.39 is 0 Å². The van der Waals surface area contributed by atoms with Crippen LogP contribution in [0.1, 0.15) is 42.7 Å². The number of thioether (sulfide) groups is 1. The maximum absolute atomic E-state index is 12.8. The van der Waals surface area contributed by atoms with E-state index in [1.165, 1.54) is 11.8 Å². The number of aryl methyl sites for hydroxylation is 1. The second kappa shape index (κ2) is 11.0. The van der Waals surface area contributed by atoms with Crippen LogP contribution >= 0.6 is 11.8 Å². The summed E-state index contributed by atoms with van der Waals surface area (Å²) in [4.78, 5) is 12.8. The third-order valence-electron chi connectivity index (χ3n) is 5.45. The third-order valence-corrected chi connectivity index (χ3v) is 6.41. The summed E-state index contributed by atoms with van der Waals surface area (Å²) >= 11 is 1.40. The Balaban J connectivity index is 1.51. The average molecular weight is 461 g/mol. The van der Waals surface area contributed by atoms with Gasteiger partial charge in [0.05, 0.1) is 30.2 Å². The summed E-state index contributed by atoms with van der Waals surface area (Å²) in [5.74, 6) is 1.78. The molecule has 0 saturated heterocycles. The van der Waals surface area contributed by atoms with Gasteiger partial charge >= 0.3 is 0 Å². The van der Waals surface area contributed by atoms with Crippen molar-refractivity contribution in [2.75, 3.05) is 5.75 Å². The molecule has 0 fully saturated rings. The number of hydrogen-bond donors (Lipinski definition) is 1. The van der Waals surface area contributed by atoms with Gasteiger partial charge in [0.15, 0.2) is 11.0 Å². The molecule has 1 amide bonds. The van der Waals surface area contributed by atoms with Crippen LogP contribution in [0.2, 0.25) is 0 Å². The normalized spacial score (nSPS) is 11.9. The SMILES string of the molecule is CCCC(NC(=O)CSc1nnc(-c2ccoc2C)n1Cc1ccccc1)c1ccccc1. The minimum absolute atomic E-state index is 0.00984. The van der Waals surface area contributed by atoms with Crippen LogP contribution in [-0.2, 0) is 11.3 Å². The van der Waals surface area contributed by atoms with Gasteiger partial charge in [0.25, 0.3) is 0 Å². The van der Waals surface area contributed by atoms with E-state index >= 15 is 0 Å². The van der Waals surface area contributed by atoms with E-state index in [1.807, 2.05) is 54.0 Å². The number of furan rings is 1. The standard InChI is InChI=1S/C26H28N4O2S/c1-3-10-23(21-13-8-5-9-14-21)27-24(31)18-33-26-29-28-25(22-15-16-32-19(22)2)30(26)17-20-11-6-4-7-12-20/h4-9,11-16,23H,3,10,17-18H2,1-2H3,(H,27,31). The summed E-state index contributed by atoms with van der Waals surface area (Å²) in [6.07, 6.45) is 3.55. The van der Waals surface area contributed by atoms with Crippen molar-refractivity contribution in [3.8, 4) is 11.4 Å². The molecule has 7 heteroatoms. The summed E-state index contributed by atoms with van der Waals surface area (Å²) in [5.41, 5.74) is 3.17. The van der Waals surface area contributed by atoms with Crippen LogP contribution in [0.3, 0.4) is 0 Å². The number of benzene rings is 2. The molecule has 2 aromatic carbocycles. The molecule has 4 aromatic rings. The fraction of sp³-hybridized carbons (Fsp3) is 0.269. The Labute approximate surface area is 198 Å². The average Bonchev–Trinajstić information content (AvgIpc) is 3.44. The van der Waals surface area contributed by atoms with E-state index in [-0.39, 0.29) is 17.7 Å². The van der Waals surface area contributed by atoms with Crippen LogP contribution in [0.5, 0.6) is 0 Å². The van der Waals surface area contributed by atoms with Crippen molar-refractivity contribution in [2.45, 2.75) is 44.4 Å². The molecule has 1 N–H and O–H groups in total. The molecule has 0 aliphatic carbocycles. The zero-order valence-corrected chi connectivity index (χ0v) is 19.7. The summed E-state index contributed by atoms with van der Waals surface area (Å²) in [6.45, 7) is 4.65. The molecule has 6 nitrogen and oxygen atoms in total. The first kappa shape index (κ1) is 22.9. The highest BCUT2D eigenvalue weighted by atomic mass is 32.2. The zero-order chi connectivity index (χ0) is 23.0. The number of aromatic nitrogens is 3. The van der Waals surface area contributed by atoms with Gasteiger partial charge in [-0.2, -0.15) is 0 Å². The molecular weight excluding hydrogens is 432 g/mol. The Morgan fingerprint density at radius 3 is 2.45 bits per heavy atom. The van der Waals surface area contributed by atoms with Crippen LogP contribution < -0.4 is 5.32 Å². The van der Waals surface area contributed by atoms with Crippen molar-refractivity contribution < 1.29 is 9.21 Å². The van der Waals surface area contributed by atoms with E-state index in [4.69, 9.17) is 4.42 Å². The molecule has 0 aliphatic rings. The smallest absolute Gasteiger partial charge is 0.230 e. The highest BCUT2D eigenvalue weighted by Gasteiger charge is 2.20. The lowest BCUT2D eigenvalue weighted by molar-refractivity contribution is -0.119. The Hall–Kier alpha value is -3.32. The molecule has 2 heterocycles. The van der Waals surface area contributed by atoms with Crippen molar-refractivity contribution in [1.82, 2.24) is 20.1 Å². The number of carbonyl (C=O) groups is 1. The molecule has 33 heavy (non-hydrogen) atoms. The summed E-state index contributed by atoms with van der Waals surface area (Å²) in [5, 5.41) is 12.7. The minimum Gasteiger partial charge on any atom is -0.469 e. The Morgan fingerprint density at radius 2 is 1.79 bits per heavy atom. The minimum atomic E-state index is -0.0161. The van der Waals surface area contributed by atoms with Gasteiger partial charge in [0.2, 0.25) is 5.91 Å². The number of nitrogens with zero attached hydrogens (tertiary/aromatic N) is 3. The van der Waals surface area contributed by atoms with Gasteiger partial charge in [0.1, 0.15) is 5.76 Å². The maximum atomic E-state index is 12.8. The van der Waals surface area contributed by atoms with E-state index in [1.54, 1.807) is 6.26 Å². The highest BCUT2D eigenvalue weighted by Crippen LogP contribution is 2.28. The number of hydrogen-bond acceptors (Lipinski definition) is 5. The van der Waals surface area contributed by atoms with Crippen molar-refractivity contribution in [2.24, 2.45) is 0 Å². The molecule has 1 atom stereocenters. The van der Waals surface area contributed by atoms with Crippen molar-refractivity contribution in [1.29, 1.82) is 0 Å². The van der Waals surface area contributed by atoms with Gasteiger partial charge in [-0.1, -0.05) is 85.8 Å². The largest absolute Gasteiger partial charge is 0.469 e. The summed E-state index contributed by atoms with van der Waals surface area (Å²) in [7, 11) is 0. The molecule has 170 valence electrons. The molecule has 4 rings (SSSR count). The van der Waals surface area contributed by atoms with E-state index in [9.17, 15) is 4.79 Å². The first-order valence-electron chi connectivity index (χ1n) is 11.1. The van der Waals surface area contributed by atoms with Crippen LogP contribution in [0.15, 0.2) is 82.6 Å². The topological polar surface area (TPSA) is 73.0 Å². The molecule has 2 aromatic heterocycles. The lowest BCUT2D eigenvalue weighted by Crippen LogP contribution is -2.30. The van der Waals surface area contributed by atoms with Crippen molar-refractivity contribution in [3.05, 3.63) is 89.9 Å². The maximum Gasteiger partial charge on any atom is 0.230 e. The van der Waals surface area contributed by atoms with Gasteiger partial charge in [0, 0.05) is 0 Å². The Kier molecular flexibility index (Phi) is 7.62. The first-order chi connectivity index (χ1) is 16.2. The fourth-order valence-electron chi connectivity index (χ4n) is 3.78. The van der Waals surface area contributed by atoms with Crippen LogP contribution in [0.4, 0.5) is 0 Å². The Bertz CT molecular complexity index is 1170. The molecule has 0 spiro atoms. The lowest BCUT2D eigenvalue weighted by Gasteiger charge is -2.18. The van der Waals surface area contributed by atoms with Crippen molar-refractivity contribution >= 4 is 17.7 Å². The van der Waals surface area contributed by atoms with Crippen LogP contribution in [0, 0.1) is 6.92 Å². The predicted octanol–water partition coefficient (Wildman–Crippen LogP) is 5.64. The van der Waals surface area contributed by atoms with Gasteiger partial charge < -0.3 is 9.73 Å². The number of amides is 1. The van der Waals surface area contributed by atoms with E-state index in [0.29, 0.717) is 11.7 Å². The molecule has 0 bridgehead atoms. The quantitative estimate of drug-likeness (QED) is 0.310.